The Bertz CT molecular complexity index is 1080. The van der Waals surface area contributed by atoms with E-state index in [1.807, 2.05) is 49.5 Å². The van der Waals surface area contributed by atoms with Gasteiger partial charge in [0.05, 0.1) is 5.56 Å². The van der Waals surface area contributed by atoms with Crippen LogP contribution in [0.2, 0.25) is 0 Å². The average Bonchev–Trinajstić information content (AvgIpc) is 3.47. The van der Waals surface area contributed by atoms with Crippen molar-refractivity contribution < 1.29 is 9.53 Å². The zero-order chi connectivity index (χ0) is 21.9. The topological polar surface area (TPSA) is 96.0 Å². The van der Waals surface area contributed by atoms with E-state index in [-0.39, 0.29) is 11.9 Å². The van der Waals surface area contributed by atoms with E-state index in [1.54, 1.807) is 0 Å². The molecule has 2 fully saturated rings. The van der Waals surface area contributed by atoms with E-state index < -0.39 is 0 Å². The first-order valence-electron chi connectivity index (χ1n) is 11.3. The number of H-pyrrole nitrogens is 1. The summed E-state index contributed by atoms with van der Waals surface area (Å²) >= 11 is 0. The van der Waals surface area contributed by atoms with Crippen LogP contribution in [0.15, 0.2) is 42.6 Å². The molecule has 3 aromatic rings. The maximum absolute atomic E-state index is 13.1. The van der Waals surface area contributed by atoms with Crippen LogP contribution in [-0.2, 0) is 4.74 Å². The molecule has 2 N–H and O–H groups in total. The Morgan fingerprint density at radius 1 is 1.16 bits per heavy atom. The van der Waals surface area contributed by atoms with Crippen molar-refractivity contribution >= 4 is 11.9 Å². The normalized spacial score (nSPS) is 19.3. The molecule has 32 heavy (non-hydrogen) atoms. The molecule has 2 aliphatic rings. The third kappa shape index (κ3) is 4.23. The van der Waals surface area contributed by atoms with Crippen LogP contribution < -0.4 is 10.2 Å². The van der Waals surface area contributed by atoms with Gasteiger partial charge in [-0.15, -0.1) is 0 Å². The maximum atomic E-state index is 13.1. The maximum Gasteiger partial charge on any atom is 0.255 e. The summed E-state index contributed by atoms with van der Waals surface area (Å²) in [5.41, 5.74) is 4.07. The SMILES string of the molecule is Cc1[nH]nc(-c2ccccc2)c1C(=O)NC1CCN(c2nccc(C3CCOCC3)n2)C1. The van der Waals surface area contributed by atoms with Gasteiger partial charge in [-0.1, -0.05) is 30.3 Å². The summed E-state index contributed by atoms with van der Waals surface area (Å²) < 4.78 is 5.48. The number of carbonyl (C=O) groups excluding carboxylic acids is 1. The first-order chi connectivity index (χ1) is 15.7. The zero-order valence-electron chi connectivity index (χ0n) is 18.3. The van der Waals surface area contributed by atoms with Gasteiger partial charge in [0.2, 0.25) is 5.95 Å². The molecule has 1 aromatic carbocycles. The molecule has 0 aliphatic carbocycles. The molecule has 2 aromatic heterocycles. The third-order valence-corrected chi connectivity index (χ3v) is 6.33. The Kier molecular flexibility index (Phi) is 5.85. The van der Waals surface area contributed by atoms with Gasteiger partial charge in [0, 0.05) is 61.4 Å². The number of anilines is 1. The second kappa shape index (κ2) is 9.08. The number of aromatic amines is 1. The molecule has 0 saturated carbocycles. The van der Waals surface area contributed by atoms with Crippen molar-refractivity contribution in [2.45, 2.75) is 38.1 Å². The fourth-order valence-electron chi connectivity index (χ4n) is 4.56. The minimum absolute atomic E-state index is 0.0377. The van der Waals surface area contributed by atoms with Crippen molar-refractivity contribution in [1.82, 2.24) is 25.5 Å². The highest BCUT2D eigenvalue weighted by atomic mass is 16.5. The first kappa shape index (κ1) is 20.6. The number of ether oxygens (including phenoxy) is 1. The molecule has 166 valence electrons. The molecule has 8 heteroatoms. The van der Waals surface area contributed by atoms with E-state index in [1.165, 1.54) is 0 Å². The molecule has 4 heterocycles. The van der Waals surface area contributed by atoms with E-state index in [0.717, 1.165) is 61.9 Å². The van der Waals surface area contributed by atoms with Crippen molar-refractivity contribution in [1.29, 1.82) is 0 Å². The summed E-state index contributed by atoms with van der Waals surface area (Å²) in [6.45, 7) is 4.98. The number of aromatic nitrogens is 4. The quantitative estimate of drug-likeness (QED) is 0.643. The summed E-state index contributed by atoms with van der Waals surface area (Å²) in [6.07, 6.45) is 4.71. The van der Waals surface area contributed by atoms with Crippen molar-refractivity contribution in [2.75, 3.05) is 31.2 Å². The second-order valence-corrected chi connectivity index (χ2v) is 8.51. The zero-order valence-corrected chi connectivity index (χ0v) is 18.3. The molecule has 0 spiro atoms. The summed E-state index contributed by atoms with van der Waals surface area (Å²) in [5.74, 6) is 1.08. The number of nitrogens with one attached hydrogen (secondary N) is 2. The average molecular weight is 433 g/mol. The number of aryl methyl sites for hydroxylation is 1. The summed E-state index contributed by atoms with van der Waals surface area (Å²) in [4.78, 5) is 24.7. The van der Waals surface area contributed by atoms with Crippen LogP contribution >= 0.6 is 0 Å². The van der Waals surface area contributed by atoms with Crippen LogP contribution in [0.3, 0.4) is 0 Å². The molecule has 1 amide bonds. The number of amides is 1. The fourth-order valence-corrected chi connectivity index (χ4v) is 4.56. The highest BCUT2D eigenvalue weighted by Gasteiger charge is 2.29. The standard InChI is InChI=1S/C24H28N6O2/c1-16-21(22(29-28-16)18-5-3-2-4-6-18)23(31)26-19-8-12-30(15-19)24-25-11-7-20(27-24)17-9-13-32-14-10-17/h2-7,11,17,19H,8-10,12-15H2,1H3,(H,26,31)(H,28,29). The van der Waals surface area contributed by atoms with Gasteiger partial charge in [-0.3, -0.25) is 9.89 Å². The fraction of sp³-hybridized carbons (Fsp3) is 0.417. The van der Waals surface area contributed by atoms with Crippen molar-refractivity contribution in [3.8, 4) is 11.3 Å². The minimum atomic E-state index is -0.0983. The predicted octanol–water partition coefficient (Wildman–Crippen LogP) is 3.08. The Balaban J connectivity index is 1.26. The summed E-state index contributed by atoms with van der Waals surface area (Å²) in [5, 5.41) is 10.5. The smallest absolute Gasteiger partial charge is 0.255 e. The number of rotatable bonds is 5. The second-order valence-electron chi connectivity index (χ2n) is 8.51. The molecule has 1 atom stereocenters. The van der Waals surface area contributed by atoms with Crippen LogP contribution in [0.1, 0.15) is 46.9 Å². The lowest BCUT2D eigenvalue weighted by molar-refractivity contribution is 0.0845. The summed E-state index contributed by atoms with van der Waals surface area (Å²) in [6, 6.07) is 11.8. The number of hydrogen-bond donors (Lipinski definition) is 2. The van der Waals surface area contributed by atoms with Crippen LogP contribution in [0.5, 0.6) is 0 Å². The molecular weight excluding hydrogens is 404 g/mol. The highest BCUT2D eigenvalue weighted by molar-refractivity contribution is 6.01. The Labute approximate surface area is 187 Å². The van der Waals surface area contributed by atoms with Crippen LogP contribution in [0, 0.1) is 6.92 Å². The van der Waals surface area contributed by atoms with Crippen molar-refractivity contribution in [3.05, 3.63) is 59.5 Å². The monoisotopic (exact) mass is 432 g/mol. The first-order valence-corrected chi connectivity index (χ1v) is 11.3. The van der Waals surface area contributed by atoms with Gasteiger partial charge in [-0.05, 0) is 32.3 Å². The Morgan fingerprint density at radius 3 is 2.78 bits per heavy atom. The third-order valence-electron chi connectivity index (χ3n) is 6.33. The van der Waals surface area contributed by atoms with E-state index in [9.17, 15) is 4.79 Å². The van der Waals surface area contributed by atoms with Crippen LogP contribution in [0.25, 0.3) is 11.3 Å². The molecule has 1 unspecified atom stereocenters. The molecular formula is C24H28N6O2. The van der Waals surface area contributed by atoms with E-state index in [2.05, 4.69) is 25.4 Å². The number of hydrogen-bond acceptors (Lipinski definition) is 6. The van der Waals surface area contributed by atoms with E-state index in [4.69, 9.17) is 9.72 Å². The minimum Gasteiger partial charge on any atom is -0.381 e. The Hall–Kier alpha value is -3.26. The van der Waals surface area contributed by atoms with Gasteiger partial charge in [-0.25, -0.2) is 9.97 Å². The molecule has 0 bridgehead atoms. The van der Waals surface area contributed by atoms with Crippen molar-refractivity contribution in [2.24, 2.45) is 0 Å². The molecule has 8 nitrogen and oxygen atoms in total. The lowest BCUT2D eigenvalue weighted by Gasteiger charge is -2.23. The predicted molar refractivity (Wildman–Crippen MR) is 122 cm³/mol. The van der Waals surface area contributed by atoms with Crippen molar-refractivity contribution in [3.63, 3.8) is 0 Å². The Morgan fingerprint density at radius 2 is 1.97 bits per heavy atom. The van der Waals surface area contributed by atoms with Gasteiger partial charge >= 0.3 is 0 Å². The largest absolute Gasteiger partial charge is 0.381 e. The van der Waals surface area contributed by atoms with E-state index >= 15 is 0 Å². The highest BCUT2D eigenvalue weighted by Crippen LogP contribution is 2.27. The van der Waals surface area contributed by atoms with Crippen LogP contribution in [-0.4, -0.2) is 58.4 Å². The van der Waals surface area contributed by atoms with Gasteiger partial charge in [-0.2, -0.15) is 5.10 Å². The lowest BCUT2D eigenvalue weighted by Crippen LogP contribution is -2.37. The van der Waals surface area contributed by atoms with Gasteiger partial charge in [0.15, 0.2) is 0 Å². The van der Waals surface area contributed by atoms with Gasteiger partial charge < -0.3 is 15.0 Å². The molecule has 0 radical (unpaired) electrons. The number of carbonyl (C=O) groups is 1. The molecule has 2 saturated heterocycles. The lowest BCUT2D eigenvalue weighted by atomic mass is 9.96. The van der Waals surface area contributed by atoms with Gasteiger partial charge in [0.1, 0.15) is 5.69 Å². The number of benzene rings is 1. The molecule has 2 aliphatic heterocycles. The van der Waals surface area contributed by atoms with Crippen LogP contribution in [0.4, 0.5) is 5.95 Å². The van der Waals surface area contributed by atoms with E-state index in [0.29, 0.717) is 23.7 Å². The summed E-state index contributed by atoms with van der Waals surface area (Å²) in [7, 11) is 0. The molecule has 5 rings (SSSR count). The number of nitrogens with zero attached hydrogens (tertiary/aromatic N) is 4. The van der Waals surface area contributed by atoms with Gasteiger partial charge in [0.25, 0.3) is 5.91 Å².